The molecular weight excluding hydrogens is 354 g/mol. The van der Waals surface area contributed by atoms with E-state index in [1.54, 1.807) is 17.9 Å². The van der Waals surface area contributed by atoms with E-state index in [-0.39, 0.29) is 11.6 Å². The van der Waals surface area contributed by atoms with Crippen LogP contribution in [0.25, 0.3) is 0 Å². The third-order valence-corrected chi connectivity index (χ3v) is 5.66. The molecule has 0 spiro atoms. The van der Waals surface area contributed by atoms with Crippen molar-refractivity contribution in [2.75, 3.05) is 19.0 Å². The molecule has 2 aliphatic rings. The number of rotatable bonds is 5. The molecule has 0 saturated heterocycles. The first-order valence-electron chi connectivity index (χ1n) is 9.00. The molecule has 1 fully saturated rings. The Morgan fingerprint density at radius 2 is 2.23 bits per heavy atom. The second-order valence-electron chi connectivity index (χ2n) is 6.80. The molecule has 2 aromatic rings. The molecule has 1 aliphatic carbocycles. The summed E-state index contributed by atoms with van der Waals surface area (Å²) in [6.07, 6.45) is 4.62. The summed E-state index contributed by atoms with van der Waals surface area (Å²) in [6, 6.07) is 2.23. The Bertz CT molecular complexity index is 813. The number of methoxy groups -OCH3 is 1. The van der Waals surface area contributed by atoms with Gasteiger partial charge >= 0.3 is 0 Å². The molecule has 3 heterocycles. The van der Waals surface area contributed by atoms with Gasteiger partial charge in [0.15, 0.2) is 5.82 Å². The summed E-state index contributed by atoms with van der Waals surface area (Å²) in [5, 5.41) is 8.94. The Labute approximate surface area is 155 Å². The highest BCUT2D eigenvalue weighted by Gasteiger charge is 2.25. The van der Waals surface area contributed by atoms with E-state index in [1.807, 2.05) is 0 Å². The van der Waals surface area contributed by atoms with E-state index in [2.05, 4.69) is 19.8 Å². The van der Waals surface area contributed by atoms with Crippen molar-refractivity contribution in [1.29, 1.82) is 0 Å². The highest BCUT2D eigenvalue weighted by atomic mass is 32.1. The van der Waals surface area contributed by atoms with Gasteiger partial charge in [0.1, 0.15) is 6.61 Å². The van der Waals surface area contributed by atoms with E-state index in [4.69, 9.17) is 9.47 Å². The third-order valence-electron chi connectivity index (χ3n) is 4.98. The van der Waals surface area contributed by atoms with Crippen molar-refractivity contribution in [3.05, 3.63) is 33.5 Å². The standard InChI is InChI=1S/C17H23N5O3S/c1-24-10-15-19-17(26-21-15)18-12-2-4-13(5-3-12)22-16(23)8-11-9-25-7-6-14(11)20-22/h8,12-13H,2-7,9-10H2,1H3,(H,18,19,21). The van der Waals surface area contributed by atoms with Gasteiger partial charge in [0.25, 0.3) is 5.56 Å². The van der Waals surface area contributed by atoms with Crippen LogP contribution in [-0.4, -0.2) is 38.9 Å². The van der Waals surface area contributed by atoms with Gasteiger partial charge in [-0.2, -0.15) is 9.47 Å². The van der Waals surface area contributed by atoms with Crippen LogP contribution >= 0.6 is 11.5 Å². The Hall–Kier alpha value is -1.84. The van der Waals surface area contributed by atoms with Crippen molar-refractivity contribution in [2.24, 2.45) is 0 Å². The largest absolute Gasteiger partial charge is 0.377 e. The van der Waals surface area contributed by atoms with Gasteiger partial charge in [0, 0.05) is 42.7 Å². The highest BCUT2D eigenvalue weighted by molar-refractivity contribution is 7.09. The first kappa shape index (κ1) is 17.6. The minimum Gasteiger partial charge on any atom is -0.377 e. The lowest BCUT2D eigenvalue weighted by atomic mass is 9.91. The minimum atomic E-state index is -0.0148. The summed E-state index contributed by atoms with van der Waals surface area (Å²) in [5.74, 6) is 0.711. The molecule has 8 nitrogen and oxygen atoms in total. The number of hydrogen-bond donors (Lipinski definition) is 1. The summed E-state index contributed by atoms with van der Waals surface area (Å²) in [7, 11) is 1.64. The fourth-order valence-electron chi connectivity index (χ4n) is 3.63. The molecule has 1 saturated carbocycles. The van der Waals surface area contributed by atoms with E-state index >= 15 is 0 Å². The van der Waals surface area contributed by atoms with Crippen LogP contribution in [0.4, 0.5) is 5.13 Å². The molecular formula is C17H23N5O3S. The molecule has 140 valence electrons. The molecule has 0 atom stereocenters. The molecule has 9 heteroatoms. The van der Waals surface area contributed by atoms with E-state index < -0.39 is 0 Å². The summed E-state index contributed by atoms with van der Waals surface area (Å²) in [5.41, 5.74) is 1.94. The van der Waals surface area contributed by atoms with E-state index in [0.29, 0.717) is 31.7 Å². The lowest BCUT2D eigenvalue weighted by Gasteiger charge is -2.30. The Balaban J connectivity index is 1.38. The van der Waals surface area contributed by atoms with Crippen LogP contribution in [0.15, 0.2) is 10.9 Å². The van der Waals surface area contributed by atoms with Gasteiger partial charge in [-0.1, -0.05) is 0 Å². The average molecular weight is 377 g/mol. The molecule has 0 bridgehead atoms. The van der Waals surface area contributed by atoms with E-state index in [0.717, 1.165) is 48.5 Å². The van der Waals surface area contributed by atoms with Crippen LogP contribution < -0.4 is 10.9 Å². The predicted molar refractivity (Wildman–Crippen MR) is 97.4 cm³/mol. The molecule has 1 N–H and O–H groups in total. The predicted octanol–water partition coefficient (Wildman–Crippen LogP) is 1.91. The average Bonchev–Trinajstić information content (AvgIpc) is 3.09. The van der Waals surface area contributed by atoms with Crippen LogP contribution in [0.1, 0.15) is 48.8 Å². The maximum Gasteiger partial charge on any atom is 0.267 e. The van der Waals surface area contributed by atoms with E-state index in [1.165, 1.54) is 11.5 Å². The first-order chi connectivity index (χ1) is 12.7. The van der Waals surface area contributed by atoms with Gasteiger partial charge in [-0.25, -0.2) is 9.67 Å². The number of nitrogens with one attached hydrogen (secondary N) is 1. The van der Waals surface area contributed by atoms with Crippen LogP contribution in [0.3, 0.4) is 0 Å². The normalized spacial score (nSPS) is 22.8. The molecule has 0 unspecified atom stereocenters. The number of fused-ring (bicyclic) bond motifs is 1. The van der Waals surface area contributed by atoms with E-state index in [9.17, 15) is 4.79 Å². The van der Waals surface area contributed by atoms with Crippen molar-refractivity contribution < 1.29 is 9.47 Å². The van der Waals surface area contributed by atoms with Gasteiger partial charge < -0.3 is 14.8 Å². The van der Waals surface area contributed by atoms with Crippen molar-refractivity contribution >= 4 is 16.7 Å². The minimum absolute atomic E-state index is 0.0148. The molecule has 0 aromatic carbocycles. The van der Waals surface area contributed by atoms with Gasteiger partial charge in [0.2, 0.25) is 5.13 Å². The van der Waals surface area contributed by atoms with Crippen molar-refractivity contribution in [1.82, 2.24) is 19.1 Å². The zero-order valence-electron chi connectivity index (χ0n) is 14.8. The second-order valence-corrected chi connectivity index (χ2v) is 7.55. The second kappa shape index (κ2) is 7.81. The summed E-state index contributed by atoms with van der Waals surface area (Å²) < 4.78 is 16.4. The van der Waals surface area contributed by atoms with Crippen molar-refractivity contribution in [3.63, 3.8) is 0 Å². The fourth-order valence-corrected chi connectivity index (χ4v) is 4.28. The Kier molecular flexibility index (Phi) is 5.28. The molecule has 0 amide bonds. The zero-order valence-corrected chi connectivity index (χ0v) is 15.6. The first-order valence-corrected chi connectivity index (χ1v) is 9.77. The maximum absolute atomic E-state index is 12.4. The molecule has 0 radical (unpaired) electrons. The molecule has 26 heavy (non-hydrogen) atoms. The number of aromatic nitrogens is 4. The number of nitrogens with zero attached hydrogens (tertiary/aromatic N) is 4. The fraction of sp³-hybridized carbons (Fsp3) is 0.647. The topological polar surface area (TPSA) is 91.2 Å². The SMILES string of the molecule is COCc1nsc(NC2CCC(n3nc4c(cc3=O)COCC4)CC2)n1. The lowest BCUT2D eigenvalue weighted by molar-refractivity contribution is 0.107. The van der Waals surface area contributed by atoms with Crippen LogP contribution in [0, 0.1) is 0 Å². The number of anilines is 1. The highest BCUT2D eigenvalue weighted by Crippen LogP contribution is 2.29. The van der Waals surface area contributed by atoms with Crippen molar-refractivity contribution in [3.8, 4) is 0 Å². The number of hydrogen-bond acceptors (Lipinski definition) is 8. The number of ether oxygens (including phenoxy) is 2. The smallest absolute Gasteiger partial charge is 0.267 e. The van der Waals surface area contributed by atoms with Gasteiger partial charge in [-0.3, -0.25) is 4.79 Å². The van der Waals surface area contributed by atoms with Crippen LogP contribution in [0.5, 0.6) is 0 Å². The van der Waals surface area contributed by atoms with Gasteiger partial charge in [0.05, 0.1) is 24.9 Å². The molecule has 1 aliphatic heterocycles. The Morgan fingerprint density at radius 1 is 1.38 bits per heavy atom. The zero-order chi connectivity index (χ0) is 17.9. The van der Waals surface area contributed by atoms with Crippen LogP contribution in [-0.2, 0) is 29.1 Å². The molecule has 4 rings (SSSR count). The molecule has 2 aromatic heterocycles. The van der Waals surface area contributed by atoms with Crippen LogP contribution in [0.2, 0.25) is 0 Å². The summed E-state index contributed by atoms with van der Waals surface area (Å²) >= 11 is 1.37. The van der Waals surface area contributed by atoms with Crippen molar-refractivity contribution in [2.45, 2.75) is 57.4 Å². The monoisotopic (exact) mass is 377 g/mol. The quantitative estimate of drug-likeness (QED) is 0.851. The summed E-state index contributed by atoms with van der Waals surface area (Å²) in [4.78, 5) is 16.9. The van der Waals surface area contributed by atoms with Gasteiger partial charge in [-0.05, 0) is 25.7 Å². The maximum atomic E-state index is 12.4. The lowest BCUT2D eigenvalue weighted by Crippen LogP contribution is -2.35. The van der Waals surface area contributed by atoms with Gasteiger partial charge in [-0.15, -0.1) is 0 Å². The summed E-state index contributed by atoms with van der Waals surface area (Å²) in [6.45, 7) is 1.62. The third kappa shape index (κ3) is 3.79. The Morgan fingerprint density at radius 3 is 3.04 bits per heavy atom.